The fraction of sp³-hybridized carbons (Fsp3) is 0.733. The summed E-state index contributed by atoms with van der Waals surface area (Å²) in [4.78, 5) is 22.7. The first-order valence-electron chi connectivity index (χ1n) is 6.61. The first kappa shape index (κ1) is 17.7. The highest BCUT2D eigenvalue weighted by atomic mass is 16.6. The topological polar surface area (TPSA) is 52.6 Å². The maximum Gasteiger partial charge on any atom is 0.316 e. The molecule has 4 heteroatoms. The van der Waals surface area contributed by atoms with Gasteiger partial charge in [-0.3, -0.25) is 9.59 Å². The van der Waals surface area contributed by atoms with Gasteiger partial charge in [0.2, 0.25) is 0 Å². The predicted molar refractivity (Wildman–Crippen MR) is 74.6 cm³/mol. The number of carbonyl (C=O) groups is 2. The lowest BCUT2D eigenvalue weighted by molar-refractivity contribution is -0.164. The Balaban J connectivity index is 4.26. The molecule has 0 aliphatic heterocycles. The molecule has 0 saturated heterocycles. The van der Waals surface area contributed by atoms with E-state index in [0.717, 1.165) is 12.8 Å². The molecule has 0 spiro atoms. The van der Waals surface area contributed by atoms with E-state index in [2.05, 4.69) is 6.58 Å². The minimum absolute atomic E-state index is 0.262. The van der Waals surface area contributed by atoms with Crippen molar-refractivity contribution < 1.29 is 19.1 Å². The number of ether oxygens (including phenoxy) is 2. The number of hydrogen-bond acceptors (Lipinski definition) is 4. The molecule has 0 heterocycles. The first-order valence-corrected chi connectivity index (χ1v) is 6.61. The molecule has 1 atom stereocenters. The van der Waals surface area contributed by atoms with Gasteiger partial charge in [-0.1, -0.05) is 6.08 Å². The molecule has 0 fully saturated rings. The SMILES string of the molecule is C=C[C@](C)(CCCCOC(C)=O)C(=O)OC(C)(C)C. The molecular formula is C15H26O4. The average Bonchev–Trinajstić information content (AvgIpc) is 2.25. The highest BCUT2D eigenvalue weighted by molar-refractivity contribution is 5.78. The molecule has 0 aromatic rings. The maximum absolute atomic E-state index is 12.1. The predicted octanol–water partition coefficient (Wildman–Crippen LogP) is 3.25. The molecule has 4 nitrogen and oxygen atoms in total. The third-order valence-corrected chi connectivity index (χ3v) is 2.71. The summed E-state index contributed by atoms with van der Waals surface area (Å²) in [5.41, 5.74) is -1.19. The summed E-state index contributed by atoms with van der Waals surface area (Å²) >= 11 is 0. The van der Waals surface area contributed by atoms with E-state index in [1.54, 1.807) is 6.08 Å². The molecule has 0 rings (SSSR count). The van der Waals surface area contributed by atoms with Crippen molar-refractivity contribution in [2.75, 3.05) is 6.61 Å². The van der Waals surface area contributed by atoms with Crippen molar-refractivity contribution in [2.45, 2.75) is 59.5 Å². The van der Waals surface area contributed by atoms with Gasteiger partial charge in [-0.15, -0.1) is 6.58 Å². The Morgan fingerprint density at radius 3 is 2.16 bits per heavy atom. The van der Waals surface area contributed by atoms with Crippen LogP contribution in [0.15, 0.2) is 12.7 Å². The Kier molecular flexibility index (Phi) is 6.81. The van der Waals surface area contributed by atoms with Crippen LogP contribution in [0.5, 0.6) is 0 Å². The van der Waals surface area contributed by atoms with Crippen molar-refractivity contribution in [2.24, 2.45) is 5.41 Å². The summed E-state index contributed by atoms with van der Waals surface area (Å²) in [6.45, 7) is 12.8. The summed E-state index contributed by atoms with van der Waals surface area (Å²) in [6.07, 6.45) is 3.76. The highest BCUT2D eigenvalue weighted by Crippen LogP contribution is 2.29. The van der Waals surface area contributed by atoms with E-state index in [4.69, 9.17) is 9.47 Å². The van der Waals surface area contributed by atoms with E-state index in [-0.39, 0.29) is 11.9 Å². The summed E-state index contributed by atoms with van der Waals surface area (Å²) in [5.74, 6) is -0.541. The van der Waals surface area contributed by atoms with Gasteiger partial charge in [0.25, 0.3) is 0 Å². The summed E-state index contributed by atoms with van der Waals surface area (Å²) in [5, 5.41) is 0. The molecule has 0 radical (unpaired) electrons. The Morgan fingerprint density at radius 2 is 1.74 bits per heavy atom. The zero-order valence-electron chi connectivity index (χ0n) is 12.7. The van der Waals surface area contributed by atoms with E-state index < -0.39 is 11.0 Å². The standard InChI is InChI=1S/C15H26O4/c1-7-15(6,13(17)19-14(3,4)5)10-8-9-11-18-12(2)16/h7H,1,8-11H2,2-6H3/t15-/m1/s1. The van der Waals surface area contributed by atoms with Gasteiger partial charge in [0.05, 0.1) is 12.0 Å². The van der Waals surface area contributed by atoms with E-state index in [1.165, 1.54) is 6.92 Å². The molecule has 0 bridgehead atoms. The largest absolute Gasteiger partial charge is 0.466 e. The van der Waals surface area contributed by atoms with E-state index in [1.807, 2.05) is 27.7 Å². The van der Waals surface area contributed by atoms with Crippen molar-refractivity contribution in [1.82, 2.24) is 0 Å². The van der Waals surface area contributed by atoms with E-state index in [0.29, 0.717) is 13.0 Å². The molecule has 0 saturated carbocycles. The molecule has 0 aliphatic carbocycles. The minimum Gasteiger partial charge on any atom is -0.466 e. The second-order valence-corrected chi connectivity index (χ2v) is 5.92. The molecule has 0 aliphatic rings. The number of unbranched alkanes of at least 4 members (excludes halogenated alkanes) is 1. The number of carbonyl (C=O) groups excluding carboxylic acids is 2. The van der Waals surface area contributed by atoms with Gasteiger partial charge < -0.3 is 9.47 Å². The molecule has 110 valence electrons. The Morgan fingerprint density at radius 1 is 1.16 bits per heavy atom. The zero-order chi connectivity index (χ0) is 15.1. The minimum atomic E-state index is -0.691. The maximum atomic E-state index is 12.1. The molecule has 0 aromatic carbocycles. The van der Waals surface area contributed by atoms with Gasteiger partial charge in [0, 0.05) is 6.92 Å². The van der Waals surface area contributed by atoms with Crippen LogP contribution in [-0.2, 0) is 19.1 Å². The molecule has 0 unspecified atom stereocenters. The van der Waals surface area contributed by atoms with Crippen LogP contribution in [0, 0.1) is 5.41 Å². The van der Waals surface area contributed by atoms with E-state index >= 15 is 0 Å². The van der Waals surface area contributed by atoms with Crippen LogP contribution >= 0.6 is 0 Å². The normalized spacial score (nSPS) is 14.4. The average molecular weight is 270 g/mol. The lowest BCUT2D eigenvalue weighted by atomic mass is 9.85. The quantitative estimate of drug-likeness (QED) is 0.405. The van der Waals surface area contributed by atoms with Crippen LogP contribution in [0.1, 0.15) is 53.9 Å². The Labute approximate surface area is 116 Å². The van der Waals surface area contributed by atoms with Gasteiger partial charge in [-0.25, -0.2) is 0 Å². The molecule has 0 amide bonds. The van der Waals surface area contributed by atoms with Gasteiger partial charge >= 0.3 is 11.9 Å². The van der Waals surface area contributed by atoms with Gasteiger partial charge in [0.1, 0.15) is 5.60 Å². The second-order valence-electron chi connectivity index (χ2n) is 5.92. The third-order valence-electron chi connectivity index (χ3n) is 2.71. The van der Waals surface area contributed by atoms with Gasteiger partial charge in [-0.05, 0) is 47.0 Å². The van der Waals surface area contributed by atoms with Gasteiger partial charge in [0.15, 0.2) is 0 Å². The molecular weight excluding hydrogens is 244 g/mol. The number of hydrogen-bond donors (Lipinski definition) is 0. The molecule has 0 N–H and O–H groups in total. The van der Waals surface area contributed by atoms with Crippen LogP contribution in [-0.4, -0.2) is 24.1 Å². The Bertz CT molecular complexity index is 328. The van der Waals surface area contributed by atoms with Crippen molar-refractivity contribution >= 4 is 11.9 Å². The monoisotopic (exact) mass is 270 g/mol. The molecule has 19 heavy (non-hydrogen) atoms. The Hall–Kier alpha value is -1.32. The highest BCUT2D eigenvalue weighted by Gasteiger charge is 2.33. The summed E-state index contributed by atoms with van der Waals surface area (Å²) < 4.78 is 10.2. The summed E-state index contributed by atoms with van der Waals surface area (Å²) in [6, 6.07) is 0. The van der Waals surface area contributed by atoms with Crippen LogP contribution in [0.25, 0.3) is 0 Å². The van der Waals surface area contributed by atoms with Crippen LogP contribution in [0.3, 0.4) is 0 Å². The van der Waals surface area contributed by atoms with Crippen molar-refractivity contribution in [3.63, 3.8) is 0 Å². The second kappa shape index (κ2) is 7.31. The number of esters is 2. The fourth-order valence-corrected chi connectivity index (χ4v) is 1.49. The fourth-order valence-electron chi connectivity index (χ4n) is 1.49. The van der Waals surface area contributed by atoms with Crippen molar-refractivity contribution in [3.05, 3.63) is 12.7 Å². The third kappa shape index (κ3) is 7.65. The van der Waals surface area contributed by atoms with E-state index in [9.17, 15) is 9.59 Å². The van der Waals surface area contributed by atoms with Crippen molar-refractivity contribution in [1.29, 1.82) is 0 Å². The lowest BCUT2D eigenvalue weighted by Gasteiger charge is -2.29. The number of rotatable bonds is 7. The lowest BCUT2D eigenvalue weighted by Crippen LogP contribution is -2.34. The van der Waals surface area contributed by atoms with Gasteiger partial charge in [-0.2, -0.15) is 0 Å². The summed E-state index contributed by atoms with van der Waals surface area (Å²) in [7, 11) is 0. The van der Waals surface area contributed by atoms with Crippen LogP contribution in [0.4, 0.5) is 0 Å². The van der Waals surface area contributed by atoms with Crippen molar-refractivity contribution in [3.8, 4) is 0 Å². The van der Waals surface area contributed by atoms with Crippen LogP contribution in [0.2, 0.25) is 0 Å². The zero-order valence-corrected chi connectivity index (χ0v) is 12.7. The van der Waals surface area contributed by atoms with Crippen LogP contribution < -0.4 is 0 Å². The smallest absolute Gasteiger partial charge is 0.316 e. The first-order chi connectivity index (χ1) is 8.60. The molecule has 0 aromatic heterocycles.